The number of anilines is 1. The van der Waals surface area contributed by atoms with E-state index in [2.05, 4.69) is 51.2 Å². The molecule has 0 aliphatic heterocycles. The highest BCUT2D eigenvalue weighted by molar-refractivity contribution is 5.77. The topological polar surface area (TPSA) is 123 Å². The van der Waals surface area contributed by atoms with E-state index in [4.69, 9.17) is 4.98 Å². The first-order valence-corrected chi connectivity index (χ1v) is 9.71. The summed E-state index contributed by atoms with van der Waals surface area (Å²) in [7, 11) is 0. The Kier molecular flexibility index (Phi) is 5.65. The number of pyridine rings is 1. The molecule has 0 saturated heterocycles. The Bertz CT molecular complexity index is 1170. The van der Waals surface area contributed by atoms with Crippen LogP contribution in [0.25, 0.3) is 22.6 Å². The van der Waals surface area contributed by atoms with Crippen LogP contribution in [0.5, 0.6) is 0 Å². The summed E-state index contributed by atoms with van der Waals surface area (Å²) in [4.78, 5) is 31.0. The standard InChI is InChI=1S/C22H20N7O2/c1-3-15-4-6-16(7-5-15)20-18(22-23-10-11-24-22)13-26-21(28-20)14(2)27-19-9-8-17(12-25-19)29(30)31/h4-14H,2-3H2,1H3,(H,23,24)(H,25,27). The molecule has 0 bridgehead atoms. The average Bonchev–Trinajstić information content (AvgIpc) is 3.34. The minimum Gasteiger partial charge on any atom is -0.360 e. The van der Waals surface area contributed by atoms with Crippen molar-refractivity contribution in [2.24, 2.45) is 0 Å². The zero-order valence-corrected chi connectivity index (χ0v) is 16.8. The third kappa shape index (κ3) is 4.40. The lowest BCUT2D eigenvalue weighted by Crippen LogP contribution is -2.13. The van der Waals surface area contributed by atoms with Crippen LogP contribution in [0.3, 0.4) is 0 Å². The number of benzene rings is 1. The van der Waals surface area contributed by atoms with Gasteiger partial charge >= 0.3 is 0 Å². The summed E-state index contributed by atoms with van der Waals surface area (Å²) in [6.45, 7) is 6.19. The quantitative estimate of drug-likeness (QED) is 0.340. The van der Waals surface area contributed by atoms with Crippen molar-refractivity contribution in [3.05, 3.63) is 89.6 Å². The summed E-state index contributed by atoms with van der Waals surface area (Å²) in [5.41, 5.74) is 3.60. The predicted octanol–water partition coefficient (Wildman–Crippen LogP) is 4.39. The van der Waals surface area contributed by atoms with Crippen molar-refractivity contribution in [3.63, 3.8) is 0 Å². The third-order valence-corrected chi connectivity index (χ3v) is 4.79. The highest BCUT2D eigenvalue weighted by atomic mass is 16.6. The van der Waals surface area contributed by atoms with Crippen molar-refractivity contribution < 1.29 is 4.92 Å². The van der Waals surface area contributed by atoms with Gasteiger partial charge in [-0.1, -0.05) is 31.2 Å². The van der Waals surface area contributed by atoms with Crippen LogP contribution in [0.2, 0.25) is 0 Å². The maximum atomic E-state index is 10.8. The highest BCUT2D eigenvalue weighted by Gasteiger charge is 2.17. The predicted molar refractivity (Wildman–Crippen MR) is 117 cm³/mol. The largest absolute Gasteiger partial charge is 0.360 e. The number of aromatic amines is 1. The Hall–Kier alpha value is -4.14. The fourth-order valence-electron chi connectivity index (χ4n) is 3.09. The molecule has 1 aromatic carbocycles. The molecule has 3 heterocycles. The molecule has 0 aliphatic rings. The molecule has 9 heteroatoms. The van der Waals surface area contributed by atoms with Crippen LogP contribution in [0.15, 0.2) is 61.2 Å². The first kappa shape index (κ1) is 20.1. The van der Waals surface area contributed by atoms with Gasteiger partial charge in [0.15, 0.2) is 5.82 Å². The SMILES string of the molecule is [CH2]C(Nc1ccc([N+](=O)[O-])cn1)c1ncc(-c2ncc[nH]2)c(-c2ccc(CC)cc2)n1. The number of hydrogen-bond acceptors (Lipinski definition) is 7. The molecule has 0 aliphatic carbocycles. The van der Waals surface area contributed by atoms with Gasteiger partial charge in [-0.25, -0.2) is 19.9 Å². The van der Waals surface area contributed by atoms with E-state index in [1.807, 2.05) is 12.1 Å². The summed E-state index contributed by atoms with van der Waals surface area (Å²) in [6, 6.07) is 10.6. The number of nitrogens with zero attached hydrogens (tertiary/aromatic N) is 5. The molecule has 0 fully saturated rings. The van der Waals surface area contributed by atoms with E-state index in [0.29, 0.717) is 17.5 Å². The summed E-state index contributed by atoms with van der Waals surface area (Å²) < 4.78 is 0. The van der Waals surface area contributed by atoms with E-state index in [9.17, 15) is 10.1 Å². The number of aromatic nitrogens is 5. The number of nitrogens with one attached hydrogen (secondary N) is 2. The number of rotatable bonds is 7. The minimum atomic E-state index is -0.520. The van der Waals surface area contributed by atoms with Crippen molar-refractivity contribution >= 4 is 11.5 Å². The van der Waals surface area contributed by atoms with Gasteiger partial charge in [-0.15, -0.1) is 0 Å². The first-order valence-electron chi connectivity index (χ1n) is 9.71. The molecule has 31 heavy (non-hydrogen) atoms. The highest BCUT2D eigenvalue weighted by Crippen LogP contribution is 2.29. The molecule has 3 aromatic heterocycles. The van der Waals surface area contributed by atoms with Gasteiger partial charge in [0.25, 0.3) is 5.69 Å². The van der Waals surface area contributed by atoms with Crippen molar-refractivity contribution in [3.8, 4) is 22.6 Å². The third-order valence-electron chi connectivity index (χ3n) is 4.79. The summed E-state index contributed by atoms with van der Waals surface area (Å²) in [6.07, 6.45) is 7.29. The maximum absolute atomic E-state index is 10.8. The van der Waals surface area contributed by atoms with Crippen LogP contribution in [0.1, 0.15) is 24.4 Å². The number of hydrogen-bond donors (Lipinski definition) is 2. The average molecular weight is 414 g/mol. The fraction of sp³-hybridized carbons (Fsp3) is 0.136. The van der Waals surface area contributed by atoms with E-state index in [-0.39, 0.29) is 5.69 Å². The lowest BCUT2D eigenvalue weighted by molar-refractivity contribution is -0.385. The van der Waals surface area contributed by atoms with Crippen molar-refractivity contribution in [1.82, 2.24) is 24.9 Å². The molecule has 1 unspecified atom stereocenters. The monoisotopic (exact) mass is 414 g/mol. The zero-order chi connectivity index (χ0) is 21.8. The number of H-pyrrole nitrogens is 1. The van der Waals surface area contributed by atoms with Crippen LogP contribution in [-0.2, 0) is 6.42 Å². The molecule has 0 saturated carbocycles. The molecular weight excluding hydrogens is 394 g/mol. The van der Waals surface area contributed by atoms with Gasteiger partial charge in [0.1, 0.15) is 17.8 Å². The van der Waals surface area contributed by atoms with E-state index in [0.717, 1.165) is 23.2 Å². The van der Waals surface area contributed by atoms with E-state index in [1.165, 1.54) is 23.9 Å². The molecule has 4 rings (SSSR count). The van der Waals surface area contributed by atoms with Gasteiger partial charge in [0, 0.05) is 30.2 Å². The number of nitro groups is 1. The van der Waals surface area contributed by atoms with Crippen molar-refractivity contribution in [2.45, 2.75) is 19.4 Å². The molecule has 0 spiro atoms. The molecule has 2 N–H and O–H groups in total. The molecular formula is C22H20N7O2. The van der Waals surface area contributed by atoms with Gasteiger partial charge < -0.3 is 10.3 Å². The van der Waals surface area contributed by atoms with Gasteiger partial charge in [-0.05, 0) is 25.0 Å². The number of imidazole rings is 1. The van der Waals surface area contributed by atoms with Gasteiger partial charge in [0.2, 0.25) is 0 Å². The van der Waals surface area contributed by atoms with Crippen LogP contribution in [-0.4, -0.2) is 29.8 Å². The molecule has 1 radical (unpaired) electrons. The van der Waals surface area contributed by atoms with Crippen LogP contribution >= 0.6 is 0 Å². The smallest absolute Gasteiger partial charge is 0.287 e. The van der Waals surface area contributed by atoms with Crippen LogP contribution < -0.4 is 5.32 Å². The molecule has 1 atom stereocenters. The summed E-state index contributed by atoms with van der Waals surface area (Å²) in [5.74, 6) is 1.58. The second-order valence-corrected chi connectivity index (χ2v) is 6.83. The van der Waals surface area contributed by atoms with Crippen molar-refractivity contribution in [1.29, 1.82) is 0 Å². The maximum Gasteiger partial charge on any atom is 0.287 e. The Morgan fingerprint density at radius 2 is 1.94 bits per heavy atom. The van der Waals surface area contributed by atoms with Gasteiger partial charge in [0.05, 0.1) is 22.2 Å². The van der Waals surface area contributed by atoms with E-state index in [1.54, 1.807) is 18.6 Å². The Morgan fingerprint density at radius 1 is 1.13 bits per heavy atom. The fourth-order valence-corrected chi connectivity index (χ4v) is 3.09. The lowest BCUT2D eigenvalue weighted by Gasteiger charge is -2.15. The van der Waals surface area contributed by atoms with Gasteiger partial charge in [-0.3, -0.25) is 10.1 Å². The Balaban J connectivity index is 1.67. The first-order chi connectivity index (χ1) is 15.0. The lowest BCUT2D eigenvalue weighted by atomic mass is 10.0. The Morgan fingerprint density at radius 3 is 2.55 bits per heavy atom. The molecule has 155 valence electrons. The minimum absolute atomic E-state index is 0.0805. The molecule has 9 nitrogen and oxygen atoms in total. The van der Waals surface area contributed by atoms with Crippen LogP contribution in [0.4, 0.5) is 11.5 Å². The molecule has 0 amide bonds. The van der Waals surface area contributed by atoms with E-state index >= 15 is 0 Å². The zero-order valence-electron chi connectivity index (χ0n) is 16.8. The van der Waals surface area contributed by atoms with E-state index < -0.39 is 11.0 Å². The Labute approximate surface area is 178 Å². The second kappa shape index (κ2) is 8.70. The normalized spacial score (nSPS) is 11.8. The molecule has 4 aromatic rings. The number of aryl methyl sites for hydroxylation is 1. The summed E-state index contributed by atoms with van der Waals surface area (Å²) >= 11 is 0. The second-order valence-electron chi connectivity index (χ2n) is 6.83. The summed E-state index contributed by atoms with van der Waals surface area (Å²) in [5, 5.41) is 13.9. The van der Waals surface area contributed by atoms with Gasteiger partial charge in [-0.2, -0.15) is 0 Å². The van der Waals surface area contributed by atoms with Crippen LogP contribution in [0, 0.1) is 17.0 Å². The van der Waals surface area contributed by atoms with Crippen molar-refractivity contribution in [2.75, 3.05) is 5.32 Å².